The zero-order valence-electron chi connectivity index (χ0n) is 13.4. The zero-order valence-corrected chi connectivity index (χ0v) is 15.0. The molecule has 1 aromatic heterocycles. The molecule has 0 fully saturated rings. The number of nitrogens with zero attached hydrogens (tertiary/aromatic N) is 2. The van der Waals surface area contributed by atoms with E-state index in [-0.39, 0.29) is 11.7 Å². The molecule has 0 aliphatic carbocycles. The number of nitrogens with one attached hydrogen (secondary N) is 1. The number of hydrogen-bond donors (Lipinski definition) is 1. The third-order valence-corrected chi connectivity index (χ3v) is 4.77. The Morgan fingerprint density at radius 2 is 2.08 bits per heavy atom. The van der Waals surface area contributed by atoms with Crippen molar-refractivity contribution in [3.8, 4) is 6.07 Å². The Bertz CT molecular complexity index is 998. The zero-order chi connectivity index (χ0) is 17.8. The van der Waals surface area contributed by atoms with E-state index in [4.69, 9.17) is 16.9 Å². The van der Waals surface area contributed by atoms with Gasteiger partial charge in [0.05, 0.1) is 27.5 Å². The van der Waals surface area contributed by atoms with Gasteiger partial charge >= 0.3 is 0 Å². The first kappa shape index (κ1) is 17.3. The summed E-state index contributed by atoms with van der Waals surface area (Å²) in [5.41, 5.74) is 2.83. The van der Waals surface area contributed by atoms with Crippen molar-refractivity contribution in [3.63, 3.8) is 0 Å². The molecule has 124 valence electrons. The summed E-state index contributed by atoms with van der Waals surface area (Å²) in [7, 11) is 0. The van der Waals surface area contributed by atoms with E-state index in [0.717, 1.165) is 21.5 Å². The Hall–Kier alpha value is -2.55. The van der Waals surface area contributed by atoms with Gasteiger partial charge in [0, 0.05) is 10.4 Å². The minimum absolute atomic E-state index is 0.197. The van der Waals surface area contributed by atoms with Crippen molar-refractivity contribution in [3.05, 3.63) is 64.7 Å². The number of hydrogen-bond acceptors (Lipinski definition) is 4. The summed E-state index contributed by atoms with van der Waals surface area (Å²) in [5.74, 6) is -0.0151. The predicted octanol–water partition coefficient (Wildman–Crippen LogP) is 4.80. The highest BCUT2D eigenvalue weighted by Gasteiger charge is 2.10. The van der Waals surface area contributed by atoms with Gasteiger partial charge in [0.2, 0.25) is 5.91 Å². The first-order valence-corrected chi connectivity index (χ1v) is 8.92. The number of amides is 1. The molecule has 0 saturated heterocycles. The van der Waals surface area contributed by atoms with E-state index in [0.29, 0.717) is 16.3 Å². The second-order valence-corrected chi connectivity index (χ2v) is 6.87. The number of benzene rings is 2. The molecule has 0 aliphatic rings. The highest BCUT2D eigenvalue weighted by Crippen LogP contribution is 2.24. The molecular formula is C19H14ClN3OS. The Kier molecular flexibility index (Phi) is 5.22. The lowest BCUT2D eigenvalue weighted by molar-refractivity contribution is -0.113. The number of thioether (sulfide) groups is 1. The van der Waals surface area contributed by atoms with Gasteiger partial charge in [-0.25, -0.2) is 4.98 Å². The van der Waals surface area contributed by atoms with Gasteiger partial charge in [0.1, 0.15) is 6.07 Å². The molecule has 25 heavy (non-hydrogen) atoms. The molecule has 0 atom stereocenters. The number of anilines is 1. The van der Waals surface area contributed by atoms with Crippen molar-refractivity contribution in [2.24, 2.45) is 0 Å². The number of carbonyl (C=O) groups is 1. The van der Waals surface area contributed by atoms with Crippen molar-refractivity contribution in [2.45, 2.75) is 11.9 Å². The fourth-order valence-corrected chi connectivity index (χ4v) is 3.38. The third-order valence-electron chi connectivity index (χ3n) is 3.63. The Morgan fingerprint density at radius 1 is 1.28 bits per heavy atom. The highest BCUT2D eigenvalue weighted by atomic mass is 35.5. The van der Waals surface area contributed by atoms with Crippen LogP contribution in [0.1, 0.15) is 11.1 Å². The van der Waals surface area contributed by atoms with Crippen molar-refractivity contribution in [1.29, 1.82) is 5.26 Å². The summed E-state index contributed by atoms with van der Waals surface area (Å²) in [6, 6.07) is 16.7. The van der Waals surface area contributed by atoms with Crippen molar-refractivity contribution >= 4 is 45.9 Å². The van der Waals surface area contributed by atoms with E-state index in [1.54, 1.807) is 18.2 Å². The normalized spacial score (nSPS) is 10.4. The van der Waals surface area contributed by atoms with Gasteiger partial charge in [-0.3, -0.25) is 4.79 Å². The molecule has 0 spiro atoms. The van der Waals surface area contributed by atoms with Crippen molar-refractivity contribution in [1.82, 2.24) is 4.98 Å². The maximum absolute atomic E-state index is 12.2. The van der Waals surface area contributed by atoms with Gasteiger partial charge in [-0.05, 0) is 42.8 Å². The number of nitriles is 1. The first-order chi connectivity index (χ1) is 12.1. The number of carbonyl (C=O) groups excluding carboxylic acids is 1. The molecule has 0 unspecified atom stereocenters. The van der Waals surface area contributed by atoms with E-state index in [9.17, 15) is 4.79 Å². The van der Waals surface area contributed by atoms with E-state index in [1.165, 1.54) is 11.8 Å². The summed E-state index contributed by atoms with van der Waals surface area (Å²) in [4.78, 5) is 16.8. The standard InChI is InChI=1S/C19H14ClN3OS/c1-12-8-19(23-16-5-3-2-4-15(12)16)25-11-18(24)22-17-9-14(20)7-6-13(17)10-21/h2-9H,11H2,1H3,(H,22,24). The predicted molar refractivity (Wildman–Crippen MR) is 102 cm³/mol. The molecule has 3 aromatic rings. The van der Waals surface area contributed by atoms with Gasteiger partial charge in [-0.2, -0.15) is 5.26 Å². The van der Waals surface area contributed by atoms with E-state index in [2.05, 4.69) is 10.3 Å². The van der Waals surface area contributed by atoms with Gasteiger partial charge in [0.15, 0.2) is 0 Å². The van der Waals surface area contributed by atoms with Crippen LogP contribution in [0, 0.1) is 18.3 Å². The maximum Gasteiger partial charge on any atom is 0.234 e. The quantitative estimate of drug-likeness (QED) is 0.672. The number of rotatable bonds is 4. The molecule has 4 nitrogen and oxygen atoms in total. The average molecular weight is 368 g/mol. The van der Waals surface area contributed by atoms with Gasteiger partial charge < -0.3 is 5.32 Å². The largest absolute Gasteiger partial charge is 0.324 e. The number of fused-ring (bicyclic) bond motifs is 1. The second-order valence-electron chi connectivity index (χ2n) is 5.43. The number of aromatic nitrogens is 1. The summed E-state index contributed by atoms with van der Waals surface area (Å²) in [6.45, 7) is 2.03. The number of halogens is 1. The third kappa shape index (κ3) is 4.11. The summed E-state index contributed by atoms with van der Waals surface area (Å²) >= 11 is 7.28. The van der Waals surface area contributed by atoms with Crippen LogP contribution < -0.4 is 5.32 Å². The molecule has 2 aromatic carbocycles. The topological polar surface area (TPSA) is 65.8 Å². The van der Waals surface area contributed by atoms with Crippen LogP contribution in [0.2, 0.25) is 5.02 Å². The molecule has 1 heterocycles. The molecular weight excluding hydrogens is 354 g/mol. The lowest BCUT2D eigenvalue weighted by Crippen LogP contribution is -2.15. The smallest absolute Gasteiger partial charge is 0.234 e. The van der Waals surface area contributed by atoms with Gasteiger partial charge in [-0.1, -0.05) is 41.6 Å². The minimum Gasteiger partial charge on any atom is -0.324 e. The Labute approximate surface area is 154 Å². The maximum atomic E-state index is 12.2. The Balaban J connectivity index is 1.71. The van der Waals surface area contributed by atoms with E-state index < -0.39 is 0 Å². The van der Waals surface area contributed by atoms with Gasteiger partial charge in [-0.15, -0.1) is 0 Å². The van der Waals surface area contributed by atoms with Crippen molar-refractivity contribution < 1.29 is 4.79 Å². The molecule has 1 amide bonds. The number of aryl methyl sites for hydroxylation is 1. The molecule has 0 aliphatic heterocycles. The fraction of sp³-hybridized carbons (Fsp3) is 0.105. The number of para-hydroxylation sites is 1. The van der Waals surface area contributed by atoms with Gasteiger partial charge in [0.25, 0.3) is 0 Å². The van der Waals surface area contributed by atoms with Crippen LogP contribution in [0.5, 0.6) is 0 Å². The minimum atomic E-state index is -0.212. The van der Waals surface area contributed by atoms with Crippen LogP contribution in [-0.2, 0) is 4.79 Å². The first-order valence-electron chi connectivity index (χ1n) is 7.55. The van der Waals surface area contributed by atoms with Crippen LogP contribution in [-0.4, -0.2) is 16.6 Å². The lowest BCUT2D eigenvalue weighted by Gasteiger charge is -2.08. The Morgan fingerprint density at radius 3 is 2.88 bits per heavy atom. The second kappa shape index (κ2) is 7.56. The molecule has 0 bridgehead atoms. The average Bonchev–Trinajstić information content (AvgIpc) is 2.60. The van der Waals surface area contributed by atoms with E-state index >= 15 is 0 Å². The van der Waals surface area contributed by atoms with Crippen LogP contribution >= 0.6 is 23.4 Å². The highest BCUT2D eigenvalue weighted by molar-refractivity contribution is 7.99. The summed E-state index contributed by atoms with van der Waals surface area (Å²) in [6.07, 6.45) is 0. The lowest BCUT2D eigenvalue weighted by atomic mass is 10.1. The van der Waals surface area contributed by atoms with Crippen LogP contribution in [0.25, 0.3) is 10.9 Å². The summed E-state index contributed by atoms with van der Waals surface area (Å²) < 4.78 is 0. The molecule has 3 rings (SSSR count). The fourth-order valence-electron chi connectivity index (χ4n) is 2.44. The van der Waals surface area contributed by atoms with E-state index in [1.807, 2.05) is 43.3 Å². The number of pyridine rings is 1. The van der Waals surface area contributed by atoms with Crippen LogP contribution in [0.3, 0.4) is 0 Å². The molecule has 6 heteroatoms. The van der Waals surface area contributed by atoms with Crippen LogP contribution in [0.15, 0.2) is 53.6 Å². The molecule has 0 saturated carbocycles. The monoisotopic (exact) mass is 367 g/mol. The van der Waals surface area contributed by atoms with Crippen molar-refractivity contribution in [2.75, 3.05) is 11.1 Å². The molecule has 1 N–H and O–H groups in total. The SMILES string of the molecule is Cc1cc(SCC(=O)Nc2cc(Cl)ccc2C#N)nc2ccccc12. The molecule has 0 radical (unpaired) electrons. The van der Waals surface area contributed by atoms with Crippen LogP contribution in [0.4, 0.5) is 5.69 Å². The summed E-state index contributed by atoms with van der Waals surface area (Å²) in [5, 5.41) is 14.2.